The van der Waals surface area contributed by atoms with Crippen molar-refractivity contribution in [3.63, 3.8) is 0 Å². The zero-order valence-electron chi connectivity index (χ0n) is 12.9. The first-order valence-electron chi connectivity index (χ1n) is 7.58. The topological polar surface area (TPSA) is 89.6 Å². The van der Waals surface area contributed by atoms with Gasteiger partial charge in [-0.3, -0.25) is 4.79 Å². The van der Waals surface area contributed by atoms with Gasteiger partial charge in [0.2, 0.25) is 5.95 Å². The van der Waals surface area contributed by atoms with Crippen LogP contribution in [0.1, 0.15) is 22.3 Å². The first-order chi connectivity index (χ1) is 11.6. The second kappa shape index (κ2) is 7.08. The molecule has 1 aromatic heterocycles. The fraction of sp³-hybridized carbons (Fsp3) is 0.235. The van der Waals surface area contributed by atoms with Crippen molar-refractivity contribution in [2.75, 3.05) is 11.9 Å². The van der Waals surface area contributed by atoms with Crippen molar-refractivity contribution in [1.82, 2.24) is 4.98 Å². The summed E-state index contributed by atoms with van der Waals surface area (Å²) in [6.07, 6.45) is 2.97. The lowest BCUT2D eigenvalue weighted by molar-refractivity contribution is 0.102. The molecule has 1 amide bonds. The molecule has 1 aliphatic rings. The van der Waals surface area contributed by atoms with E-state index >= 15 is 0 Å². The predicted octanol–water partition coefficient (Wildman–Crippen LogP) is 2.12. The zero-order chi connectivity index (χ0) is 16.9. The van der Waals surface area contributed by atoms with Crippen LogP contribution in [0.3, 0.4) is 0 Å². The molecule has 0 saturated carbocycles. The maximum Gasteiger partial charge on any atom is 0.282 e. The highest BCUT2D eigenvalue weighted by molar-refractivity contribution is 6.04. The number of aliphatic imine (C=N–C) groups is 1. The van der Waals surface area contributed by atoms with Crippen LogP contribution in [0.2, 0.25) is 0 Å². The minimum atomic E-state index is -0.787. The summed E-state index contributed by atoms with van der Waals surface area (Å²) in [5.74, 6) is -1.31. The predicted molar refractivity (Wildman–Crippen MR) is 88.3 cm³/mol. The van der Waals surface area contributed by atoms with Crippen LogP contribution < -0.4 is 11.1 Å². The maximum atomic E-state index is 13.5. The van der Waals surface area contributed by atoms with Crippen molar-refractivity contribution in [2.24, 2.45) is 10.7 Å². The Labute approximate surface area is 138 Å². The van der Waals surface area contributed by atoms with Gasteiger partial charge in [-0.05, 0) is 42.7 Å². The molecular weight excluding hydrogens is 311 g/mol. The van der Waals surface area contributed by atoms with Gasteiger partial charge in [0.05, 0.1) is 11.6 Å². The molecule has 1 aromatic carbocycles. The second-order valence-electron chi connectivity index (χ2n) is 5.46. The van der Waals surface area contributed by atoms with Crippen molar-refractivity contribution < 1.29 is 13.9 Å². The van der Waals surface area contributed by atoms with Gasteiger partial charge in [0.15, 0.2) is 0 Å². The summed E-state index contributed by atoms with van der Waals surface area (Å²) in [5, 5.41) is 2.65. The second-order valence-corrected chi connectivity index (χ2v) is 5.46. The molecule has 0 unspecified atom stereocenters. The Morgan fingerprint density at radius 2 is 2.12 bits per heavy atom. The van der Waals surface area contributed by atoms with Gasteiger partial charge in [-0.25, -0.2) is 9.98 Å². The minimum Gasteiger partial charge on any atom is -0.463 e. The molecule has 7 heteroatoms. The summed E-state index contributed by atoms with van der Waals surface area (Å²) in [5.41, 5.74) is 7.10. The van der Waals surface area contributed by atoms with E-state index in [0.29, 0.717) is 12.3 Å². The molecule has 0 fully saturated rings. The van der Waals surface area contributed by atoms with E-state index in [2.05, 4.69) is 15.3 Å². The highest BCUT2D eigenvalue weighted by Crippen LogP contribution is 2.15. The average molecular weight is 328 g/mol. The molecule has 2 aromatic rings. The molecule has 1 atom stereocenters. The summed E-state index contributed by atoms with van der Waals surface area (Å²) >= 11 is 0. The molecular formula is C17H17FN4O2. The van der Waals surface area contributed by atoms with E-state index in [4.69, 9.17) is 10.5 Å². The molecule has 6 nitrogen and oxygen atoms in total. The third-order valence-corrected chi connectivity index (χ3v) is 3.72. The number of benzene rings is 1. The number of amides is 1. The van der Waals surface area contributed by atoms with Gasteiger partial charge in [0, 0.05) is 11.9 Å². The van der Waals surface area contributed by atoms with Crippen molar-refractivity contribution in [3.8, 4) is 0 Å². The molecule has 0 aliphatic carbocycles. The van der Waals surface area contributed by atoms with Crippen LogP contribution in [-0.2, 0) is 11.2 Å². The zero-order valence-corrected chi connectivity index (χ0v) is 12.9. The van der Waals surface area contributed by atoms with Crippen LogP contribution in [0, 0.1) is 5.95 Å². The Kier molecular flexibility index (Phi) is 4.69. The third kappa shape index (κ3) is 3.87. The Bertz CT molecular complexity index is 761. The molecule has 24 heavy (non-hydrogen) atoms. The molecule has 1 aliphatic heterocycles. The van der Waals surface area contributed by atoms with E-state index in [9.17, 15) is 9.18 Å². The van der Waals surface area contributed by atoms with Crippen molar-refractivity contribution in [1.29, 1.82) is 0 Å². The van der Waals surface area contributed by atoms with Gasteiger partial charge in [-0.1, -0.05) is 12.1 Å². The van der Waals surface area contributed by atoms with E-state index in [-0.39, 0.29) is 17.6 Å². The Morgan fingerprint density at radius 1 is 1.33 bits per heavy atom. The fourth-order valence-electron chi connectivity index (χ4n) is 2.43. The van der Waals surface area contributed by atoms with Crippen molar-refractivity contribution in [2.45, 2.75) is 18.9 Å². The van der Waals surface area contributed by atoms with Crippen molar-refractivity contribution in [3.05, 3.63) is 59.7 Å². The number of rotatable bonds is 5. The number of halogens is 1. The Morgan fingerprint density at radius 3 is 2.79 bits per heavy atom. The quantitative estimate of drug-likeness (QED) is 0.823. The van der Waals surface area contributed by atoms with Crippen LogP contribution in [0.4, 0.5) is 10.1 Å². The molecule has 0 spiro atoms. The summed E-state index contributed by atoms with van der Waals surface area (Å²) < 4.78 is 18.6. The van der Waals surface area contributed by atoms with E-state index in [1.165, 1.54) is 18.3 Å². The number of ether oxygens (including phenoxy) is 1. The number of carbonyl (C=O) groups is 1. The number of pyridine rings is 1. The van der Waals surface area contributed by atoms with Crippen LogP contribution >= 0.6 is 0 Å². The number of anilines is 1. The van der Waals surface area contributed by atoms with Gasteiger partial charge in [0.25, 0.3) is 11.9 Å². The van der Waals surface area contributed by atoms with E-state index in [0.717, 1.165) is 18.4 Å². The highest BCUT2D eigenvalue weighted by atomic mass is 19.1. The lowest BCUT2D eigenvalue weighted by Crippen LogP contribution is -2.14. The van der Waals surface area contributed by atoms with E-state index in [1.54, 1.807) is 12.1 Å². The number of carbonyl (C=O) groups excluding carboxylic acids is 1. The van der Waals surface area contributed by atoms with Gasteiger partial charge in [0.1, 0.15) is 6.61 Å². The monoisotopic (exact) mass is 328 g/mol. The molecule has 3 rings (SSSR count). The summed E-state index contributed by atoms with van der Waals surface area (Å²) in [7, 11) is 0. The lowest BCUT2D eigenvalue weighted by atomic mass is 10.1. The molecule has 0 radical (unpaired) electrons. The summed E-state index contributed by atoms with van der Waals surface area (Å²) in [6, 6.07) is 10.6. The number of nitrogens with zero attached hydrogens (tertiary/aromatic N) is 2. The van der Waals surface area contributed by atoms with Gasteiger partial charge < -0.3 is 15.8 Å². The first-order valence-corrected chi connectivity index (χ1v) is 7.58. The SMILES string of the molecule is NC1=N[C@@H](CCc2ccc(NC(=O)c3cccnc3F)cc2)CO1. The van der Waals surface area contributed by atoms with Crippen LogP contribution in [0.5, 0.6) is 0 Å². The smallest absolute Gasteiger partial charge is 0.282 e. The first kappa shape index (κ1) is 15.9. The Balaban J connectivity index is 1.56. The van der Waals surface area contributed by atoms with Gasteiger partial charge in [-0.15, -0.1) is 0 Å². The van der Waals surface area contributed by atoms with E-state index in [1.807, 2.05) is 12.1 Å². The number of hydrogen-bond donors (Lipinski definition) is 2. The van der Waals surface area contributed by atoms with Crippen LogP contribution in [0.15, 0.2) is 47.6 Å². The molecule has 124 valence electrons. The summed E-state index contributed by atoms with van der Waals surface area (Å²) in [6.45, 7) is 0.524. The number of nitrogens with two attached hydrogens (primary N) is 1. The normalized spacial score (nSPS) is 16.4. The lowest BCUT2D eigenvalue weighted by Gasteiger charge is -2.08. The van der Waals surface area contributed by atoms with Gasteiger partial charge in [-0.2, -0.15) is 4.39 Å². The number of aromatic nitrogens is 1. The molecule has 0 saturated heterocycles. The number of nitrogens with one attached hydrogen (secondary N) is 1. The highest BCUT2D eigenvalue weighted by Gasteiger charge is 2.16. The van der Waals surface area contributed by atoms with Crippen molar-refractivity contribution >= 4 is 17.6 Å². The average Bonchev–Trinajstić information content (AvgIpc) is 3.00. The standard InChI is InChI=1S/C17H17FN4O2/c18-15-14(2-1-9-20-15)16(23)21-12-6-3-11(4-7-12)5-8-13-10-24-17(19)22-13/h1-4,6-7,9,13H,5,8,10H2,(H2,19,22)(H,21,23)/t13-/m0/s1. The fourth-order valence-corrected chi connectivity index (χ4v) is 2.43. The number of aryl methyl sites for hydroxylation is 1. The van der Waals surface area contributed by atoms with Gasteiger partial charge >= 0.3 is 0 Å². The third-order valence-electron chi connectivity index (χ3n) is 3.72. The minimum absolute atomic E-state index is 0.0849. The van der Waals surface area contributed by atoms with E-state index < -0.39 is 11.9 Å². The number of amidine groups is 1. The maximum absolute atomic E-state index is 13.5. The largest absolute Gasteiger partial charge is 0.463 e. The molecule has 3 N–H and O–H groups in total. The van der Waals surface area contributed by atoms with Crippen LogP contribution in [-0.4, -0.2) is 29.6 Å². The van der Waals surface area contributed by atoms with Crippen LogP contribution in [0.25, 0.3) is 0 Å². The Hall–Kier alpha value is -2.96. The summed E-state index contributed by atoms with van der Waals surface area (Å²) in [4.78, 5) is 19.7. The molecule has 2 heterocycles. The molecule has 0 bridgehead atoms. The number of hydrogen-bond acceptors (Lipinski definition) is 5.